The van der Waals surface area contributed by atoms with Crippen LogP contribution in [0.2, 0.25) is 0 Å². The monoisotopic (exact) mass is 756 g/mol. The van der Waals surface area contributed by atoms with Gasteiger partial charge in [0.15, 0.2) is 0 Å². The predicted octanol–water partition coefficient (Wildman–Crippen LogP) is 14.4. The summed E-state index contributed by atoms with van der Waals surface area (Å²) < 4.78 is 0. The molecule has 0 radical (unpaired) electrons. The van der Waals surface area contributed by atoms with E-state index in [0.29, 0.717) is 23.4 Å². The number of benzene rings is 2. The third-order valence-corrected chi connectivity index (χ3v) is 9.15. The second-order valence-electron chi connectivity index (χ2n) is 17.4. The molecule has 55 heavy (non-hydrogen) atoms. The van der Waals surface area contributed by atoms with Gasteiger partial charge in [0.05, 0.1) is 12.6 Å². The van der Waals surface area contributed by atoms with Crippen LogP contribution in [0.1, 0.15) is 140 Å². The van der Waals surface area contributed by atoms with E-state index >= 15 is 0 Å². The van der Waals surface area contributed by atoms with Crippen LogP contribution in [0.15, 0.2) is 110 Å². The summed E-state index contributed by atoms with van der Waals surface area (Å²) in [5, 5.41) is 3.55. The Morgan fingerprint density at radius 1 is 0.818 bits per heavy atom. The Balaban J connectivity index is -0.000000806. The van der Waals surface area contributed by atoms with E-state index in [1.807, 2.05) is 6.07 Å². The van der Waals surface area contributed by atoms with Crippen molar-refractivity contribution in [2.24, 2.45) is 23.2 Å². The zero-order valence-corrected chi connectivity index (χ0v) is 38.9. The van der Waals surface area contributed by atoms with Crippen LogP contribution < -0.4 is 5.32 Å². The van der Waals surface area contributed by atoms with E-state index in [0.717, 1.165) is 74.1 Å². The third kappa shape index (κ3) is 30.3. The van der Waals surface area contributed by atoms with Crippen molar-refractivity contribution >= 4 is 0 Å². The van der Waals surface area contributed by atoms with E-state index in [9.17, 15) is 0 Å². The van der Waals surface area contributed by atoms with Crippen LogP contribution in [-0.2, 0) is 12.8 Å². The van der Waals surface area contributed by atoms with Crippen molar-refractivity contribution in [2.75, 3.05) is 20.1 Å². The number of aryl methyl sites for hydroxylation is 1. The first-order chi connectivity index (χ1) is 25.7. The number of hydrogen-bond acceptors (Lipinski definition) is 3. The van der Waals surface area contributed by atoms with Gasteiger partial charge >= 0.3 is 0 Å². The SMILES string of the molecule is C#C.C=C(C)CC(C)(C)C.C=C(NCC(=C)N(C)C(Cc1ccccc1)C(C)CC)C1CCCN1C(=C)C.CC(C)C.CCC(C)C.CCc1ccccc1. The average molecular weight is 756 g/mol. The maximum atomic E-state index is 4.38. The Morgan fingerprint density at radius 2 is 1.27 bits per heavy atom. The predicted molar refractivity (Wildman–Crippen MR) is 252 cm³/mol. The number of terminal acetylenes is 1. The van der Waals surface area contributed by atoms with E-state index in [2.05, 4.69) is 213 Å². The van der Waals surface area contributed by atoms with Crippen molar-refractivity contribution in [3.63, 3.8) is 0 Å². The minimum Gasteiger partial charge on any atom is -0.382 e. The molecule has 1 N–H and O–H groups in total. The molecule has 0 spiro atoms. The number of nitrogens with one attached hydrogen (secondary N) is 1. The molecular weight excluding hydrogens is 667 g/mol. The molecule has 0 saturated carbocycles. The second-order valence-corrected chi connectivity index (χ2v) is 17.4. The van der Waals surface area contributed by atoms with Crippen molar-refractivity contribution in [2.45, 2.75) is 154 Å². The Morgan fingerprint density at radius 3 is 1.60 bits per heavy atom. The van der Waals surface area contributed by atoms with E-state index < -0.39 is 0 Å². The fourth-order valence-corrected chi connectivity index (χ4v) is 5.75. The van der Waals surface area contributed by atoms with Gasteiger partial charge in [-0.15, -0.1) is 19.4 Å². The number of likely N-dealkylation sites (tertiary alicyclic amines) is 1. The van der Waals surface area contributed by atoms with Gasteiger partial charge in [-0.3, -0.25) is 0 Å². The number of allylic oxidation sites excluding steroid dienone is 2. The molecule has 0 aromatic heterocycles. The highest BCUT2D eigenvalue weighted by Gasteiger charge is 2.27. The van der Waals surface area contributed by atoms with Crippen molar-refractivity contribution in [3.05, 3.63) is 121 Å². The highest BCUT2D eigenvalue weighted by Crippen LogP contribution is 2.26. The summed E-state index contributed by atoms with van der Waals surface area (Å²) in [4.78, 5) is 4.73. The highest BCUT2D eigenvalue weighted by molar-refractivity contribution is 5.18. The van der Waals surface area contributed by atoms with Crippen LogP contribution in [0.3, 0.4) is 0 Å². The van der Waals surface area contributed by atoms with Crippen LogP contribution in [0, 0.1) is 36.0 Å². The fraction of sp³-hybridized carbons (Fsp3) is 0.577. The molecule has 1 aliphatic heterocycles. The van der Waals surface area contributed by atoms with Gasteiger partial charge in [0.25, 0.3) is 0 Å². The molecule has 3 atom stereocenters. The number of likely N-dealkylation sites (N-methyl/N-ethyl adjacent to an activating group) is 1. The molecule has 312 valence electrons. The Bertz CT molecular complexity index is 1280. The molecule has 3 rings (SSSR count). The second kappa shape index (κ2) is 32.6. The molecule has 1 saturated heterocycles. The Kier molecular flexibility index (Phi) is 33.0. The zero-order valence-electron chi connectivity index (χ0n) is 38.9. The Labute approximate surface area is 344 Å². The van der Waals surface area contributed by atoms with Gasteiger partial charge < -0.3 is 15.1 Å². The first-order valence-electron chi connectivity index (χ1n) is 21.0. The fourth-order valence-electron chi connectivity index (χ4n) is 5.75. The summed E-state index contributed by atoms with van der Waals surface area (Å²) in [5.41, 5.74) is 7.81. The molecule has 2 aromatic carbocycles. The molecule has 3 unspecified atom stereocenters. The van der Waals surface area contributed by atoms with E-state index in [4.69, 9.17) is 0 Å². The van der Waals surface area contributed by atoms with Crippen molar-refractivity contribution in [3.8, 4) is 12.8 Å². The van der Waals surface area contributed by atoms with Gasteiger partial charge in [0.1, 0.15) is 0 Å². The molecule has 1 heterocycles. The van der Waals surface area contributed by atoms with Crippen LogP contribution in [0.5, 0.6) is 0 Å². The molecule has 0 aliphatic carbocycles. The van der Waals surface area contributed by atoms with Crippen LogP contribution in [-0.4, -0.2) is 42.0 Å². The molecule has 0 amide bonds. The minimum absolute atomic E-state index is 0.352. The first-order valence-corrected chi connectivity index (χ1v) is 21.0. The minimum atomic E-state index is 0.352. The van der Waals surface area contributed by atoms with E-state index in [1.165, 1.54) is 29.5 Å². The molecule has 1 fully saturated rings. The van der Waals surface area contributed by atoms with Crippen LogP contribution in [0.4, 0.5) is 0 Å². The summed E-state index contributed by atoms with van der Waals surface area (Å²) >= 11 is 0. The smallest absolute Gasteiger partial charge is 0.0679 e. The summed E-state index contributed by atoms with van der Waals surface area (Å²) in [5.74, 6) is 2.31. The molecule has 0 bridgehead atoms. The first kappa shape index (κ1) is 55.7. The summed E-state index contributed by atoms with van der Waals surface area (Å²) in [6.07, 6.45) is 16.1. The summed E-state index contributed by atoms with van der Waals surface area (Å²) in [7, 11) is 2.18. The molecular formula is C52H89N3. The standard InChI is InChI=1S/C25H39N3.C8H10.C8H16.C5H12.C4H10.C2H2/c1-8-20(4)25(17-23-13-10-9-11-14-23)27(7)21(5)18-26-22(6)24-15-12-16-28(24)19(2)3;1-2-8-6-4-3-5-7-8;1-7(2)6-8(3,4)5;1-4-5(2)3;1-4(2)3;1-2/h9-11,13-14,20,24-26H,2,5-6,8,12,15-18H2,1,3-4,7H3;3-7H,2H2,1H3;1,6H2,2-5H3;5H,4H2,1-3H3;4H,1-3H3;1-2H. The van der Waals surface area contributed by atoms with Crippen LogP contribution in [0.25, 0.3) is 0 Å². The lowest BCUT2D eigenvalue weighted by Gasteiger charge is -2.36. The third-order valence-electron chi connectivity index (χ3n) is 9.15. The van der Waals surface area contributed by atoms with Gasteiger partial charge in [-0.25, -0.2) is 0 Å². The topological polar surface area (TPSA) is 18.5 Å². The number of nitrogens with zero attached hydrogens (tertiary/aromatic N) is 2. The maximum absolute atomic E-state index is 4.38. The lowest BCUT2D eigenvalue weighted by Crippen LogP contribution is -2.41. The van der Waals surface area contributed by atoms with E-state index in [1.54, 1.807) is 0 Å². The van der Waals surface area contributed by atoms with Crippen molar-refractivity contribution in [1.29, 1.82) is 0 Å². The lowest BCUT2D eigenvalue weighted by atomic mass is 9.89. The normalized spacial score (nSPS) is 13.9. The van der Waals surface area contributed by atoms with Gasteiger partial charge in [0, 0.05) is 36.7 Å². The van der Waals surface area contributed by atoms with Crippen LogP contribution >= 0.6 is 0 Å². The summed E-state index contributed by atoms with van der Waals surface area (Å²) in [6, 6.07) is 22.0. The average Bonchev–Trinajstić information content (AvgIpc) is 3.64. The molecule has 3 heteroatoms. The van der Waals surface area contributed by atoms with Gasteiger partial charge in [-0.05, 0) is 80.2 Å². The quantitative estimate of drug-likeness (QED) is 0.153. The number of rotatable bonds is 14. The number of hydrogen-bond donors (Lipinski definition) is 1. The van der Waals surface area contributed by atoms with Crippen molar-refractivity contribution in [1.82, 2.24) is 15.1 Å². The lowest BCUT2D eigenvalue weighted by molar-refractivity contribution is 0.218. The van der Waals surface area contributed by atoms with Gasteiger partial charge in [-0.1, -0.05) is 182 Å². The zero-order chi connectivity index (χ0) is 43.1. The molecule has 1 aliphatic rings. The van der Waals surface area contributed by atoms with Gasteiger partial charge in [0.2, 0.25) is 0 Å². The largest absolute Gasteiger partial charge is 0.382 e. The molecule has 2 aromatic rings. The Hall–Kier alpha value is -3.64. The van der Waals surface area contributed by atoms with E-state index in [-0.39, 0.29) is 0 Å². The highest BCUT2D eigenvalue weighted by atomic mass is 15.2. The maximum Gasteiger partial charge on any atom is 0.0679 e. The van der Waals surface area contributed by atoms with Crippen molar-refractivity contribution < 1.29 is 0 Å². The summed E-state index contributed by atoms with van der Waals surface area (Å²) in [6.45, 7) is 49.2. The molecule has 3 nitrogen and oxygen atoms in total. The van der Waals surface area contributed by atoms with Gasteiger partial charge in [-0.2, -0.15) is 0 Å².